The molecule has 2 N–H and O–H groups in total. The molecule has 0 unspecified atom stereocenters. The fraction of sp³-hybridized carbons (Fsp3) is 0.0625. The number of benzene rings is 1. The molecule has 0 aliphatic carbocycles. The van der Waals surface area contributed by atoms with E-state index in [2.05, 4.69) is 20.3 Å². The van der Waals surface area contributed by atoms with Gasteiger partial charge in [-0.25, -0.2) is 9.97 Å². The lowest BCUT2D eigenvalue weighted by Gasteiger charge is -2.10. The topological polar surface area (TPSA) is 79.9 Å². The Hall–Kier alpha value is -3.15. The zero-order chi connectivity index (χ0) is 15.4. The highest BCUT2D eigenvalue weighted by Crippen LogP contribution is 2.24. The fourth-order valence-corrected chi connectivity index (χ4v) is 1.94. The molecule has 3 rings (SSSR count). The molecule has 6 nitrogen and oxygen atoms in total. The van der Waals surface area contributed by atoms with Gasteiger partial charge < -0.3 is 15.0 Å². The molecule has 2 heterocycles. The Kier molecular flexibility index (Phi) is 3.82. The number of aromatic nitrogens is 3. The van der Waals surface area contributed by atoms with Crippen LogP contribution in [0, 0.1) is 6.92 Å². The predicted octanol–water partition coefficient (Wildman–Crippen LogP) is 3.16. The number of aromatic amines is 1. The Morgan fingerprint density at radius 3 is 2.68 bits per heavy atom. The summed E-state index contributed by atoms with van der Waals surface area (Å²) in [5, 5.41) is 2.85. The maximum atomic E-state index is 12.0. The summed E-state index contributed by atoms with van der Waals surface area (Å²) in [6.07, 6.45) is 4.93. The molecule has 0 spiro atoms. The maximum Gasteiger partial charge on any atom is 0.321 e. The van der Waals surface area contributed by atoms with Crippen molar-refractivity contribution in [3.05, 3.63) is 66.2 Å². The third kappa shape index (κ3) is 3.12. The van der Waals surface area contributed by atoms with Crippen LogP contribution in [0.15, 0.2) is 55.0 Å². The minimum atomic E-state index is -0.187. The molecule has 6 heteroatoms. The second-order valence-electron chi connectivity index (χ2n) is 4.65. The summed E-state index contributed by atoms with van der Waals surface area (Å²) in [7, 11) is 0. The van der Waals surface area contributed by atoms with Crippen LogP contribution >= 0.6 is 0 Å². The molecular weight excluding hydrogens is 280 g/mol. The van der Waals surface area contributed by atoms with Crippen LogP contribution in [-0.2, 0) is 0 Å². The van der Waals surface area contributed by atoms with Crippen molar-refractivity contribution in [1.29, 1.82) is 0 Å². The summed E-state index contributed by atoms with van der Waals surface area (Å²) < 4.78 is 5.55. The maximum absolute atomic E-state index is 12.0. The van der Waals surface area contributed by atoms with E-state index < -0.39 is 0 Å². The van der Waals surface area contributed by atoms with Gasteiger partial charge in [0, 0.05) is 24.3 Å². The van der Waals surface area contributed by atoms with Crippen molar-refractivity contribution in [3.8, 4) is 11.8 Å². The van der Waals surface area contributed by atoms with Crippen LogP contribution in [0.3, 0.4) is 0 Å². The van der Waals surface area contributed by atoms with E-state index in [1.807, 2.05) is 13.0 Å². The molecular formula is C16H14N4O2. The molecule has 0 radical (unpaired) electrons. The van der Waals surface area contributed by atoms with Crippen molar-refractivity contribution >= 4 is 11.6 Å². The summed E-state index contributed by atoms with van der Waals surface area (Å²) in [4.78, 5) is 22.9. The third-order valence-corrected chi connectivity index (χ3v) is 3.04. The molecule has 0 aliphatic heterocycles. The molecule has 0 atom stereocenters. The monoisotopic (exact) mass is 294 g/mol. The second-order valence-corrected chi connectivity index (χ2v) is 4.65. The quantitative estimate of drug-likeness (QED) is 0.774. The largest absolute Gasteiger partial charge is 0.424 e. The average Bonchev–Trinajstić information content (AvgIpc) is 3.05. The Morgan fingerprint density at radius 2 is 2.00 bits per heavy atom. The number of amides is 1. The van der Waals surface area contributed by atoms with E-state index in [1.54, 1.807) is 48.9 Å². The number of carbonyl (C=O) groups is 1. The Morgan fingerprint density at radius 1 is 1.18 bits per heavy atom. The summed E-state index contributed by atoms with van der Waals surface area (Å²) in [5.74, 6) is 0.426. The standard InChI is InChI=1S/C16H14N4O2/c1-11-10-12(22-16-18-8-3-9-19-16)5-6-13(11)20-15(21)14-4-2-7-17-14/h2-10,17H,1H3,(H,20,21). The Labute approximate surface area is 127 Å². The molecule has 0 aliphatic rings. The summed E-state index contributed by atoms with van der Waals surface area (Å²) in [5.41, 5.74) is 2.12. The molecule has 0 saturated heterocycles. The average molecular weight is 294 g/mol. The normalized spacial score (nSPS) is 10.2. The number of carbonyl (C=O) groups excluding carboxylic acids is 1. The molecule has 2 aromatic heterocycles. The van der Waals surface area contributed by atoms with Crippen LogP contribution in [0.5, 0.6) is 11.8 Å². The zero-order valence-electron chi connectivity index (χ0n) is 11.9. The molecule has 0 saturated carbocycles. The van der Waals surface area contributed by atoms with E-state index in [0.29, 0.717) is 11.4 Å². The smallest absolute Gasteiger partial charge is 0.321 e. The minimum Gasteiger partial charge on any atom is -0.424 e. The van der Waals surface area contributed by atoms with Gasteiger partial charge in [0.2, 0.25) is 0 Å². The van der Waals surface area contributed by atoms with E-state index in [9.17, 15) is 4.79 Å². The van der Waals surface area contributed by atoms with Gasteiger partial charge >= 0.3 is 6.01 Å². The van der Waals surface area contributed by atoms with Gasteiger partial charge in [0.25, 0.3) is 5.91 Å². The van der Waals surface area contributed by atoms with E-state index in [4.69, 9.17) is 4.74 Å². The Bertz CT molecular complexity index is 770. The van der Waals surface area contributed by atoms with Crippen molar-refractivity contribution < 1.29 is 9.53 Å². The lowest BCUT2D eigenvalue weighted by Crippen LogP contribution is -2.13. The zero-order valence-corrected chi connectivity index (χ0v) is 11.9. The number of anilines is 1. The van der Waals surface area contributed by atoms with Gasteiger partial charge in [0.1, 0.15) is 11.4 Å². The molecule has 22 heavy (non-hydrogen) atoms. The lowest BCUT2D eigenvalue weighted by molar-refractivity contribution is 0.102. The molecule has 1 aromatic carbocycles. The van der Waals surface area contributed by atoms with Crippen molar-refractivity contribution in [2.45, 2.75) is 6.92 Å². The number of hydrogen-bond acceptors (Lipinski definition) is 4. The van der Waals surface area contributed by atoms with Crippen LogP contribution in [0.25, 0.3) is 0 Å². The second kappa shape index (κ2) is 6.09. The van der Waals surface area contributed by atoms with Gasteiger partial charge in [-0.3, -0.25) is 4.79 Å². The van der Waals surface area contributed by atoms with E-state index >= 15 is 0 Å². The van der Waals surface area contributed by atoms with E-state index in [1.165, 1.54) is 0 Å². The van der Waals surface area contributed by atoms with Gasteiger partial charge in [-0.2, -0.15) is 0 Å². The van der Waals surface area contributed by atoms with E-state index in [0.717, 1.165) is 11.3 Å². The number of H-pyrrole nitrogens is 1. The molecule has 110 valence electrons. The Balaban J connectivity index is 1.73. The number of ether oxygens (including phenoxy) is 1. The fourth-order valence-electron chi connectivity index (χ4n) is 1.94. The molecule has 0 bridgehead atoms. The first kappa shape index (κ1) is 13.8. The number of rotatable bonds is 4. The van der Waals surface area contributed by atoms with Crippen LogP contribution in [-0.4, -0.2) is 20.9 Å². The van der Waals surface area contributed by atoms with Gasteiger partial charge in [-0.15, -0.1) is 0 Å². The first-order valence-electron chi connectivity index (χ1n) is 6.72. The molecule has 1 amide bonds. The van der Waals surface area contributed by atoms with Gasteiger partial charge in [0.15, 0.2) is 0 Å². The van der Waals surface area contributed by atoms with Crippen molar-refractivity contribution in [1.82, 2.24) is 15.0 Å². The first-order chi connectivity index (χ1) is 10.7. The highest BCUT2D eigenvalue weighted by Gasteiger charge is 2.09. The summed E-state index contributed by atoms with van der Waals surface area (Å²) in [6, 6.07) is 10.9. The van der Waals surface area contributed by atoms with Crippen LogP contribution in [0.1, 0.15) is 16.1 Å². The molecule has 0 fully saturated rings. The van der Waals surface area contributed by atoms with Gasteiger partial charge in [0.05, 0.1) is 0 Å². The highest BCUT2D eigenvalue weighted by molar-refractivity contribution is 6.03. The van der Waals surface area contributed by atoms with Gasteiger partial charge in [-0.05, 0) is 48.9 Å². The van der Waals surface area contributed by atoms with Crippen molar-refractivity contribution in [3.63, 3.8) is 0 Å². The van der Waals surface area contributed by atoms with Crippen LogP contribution in [0.2, 0.25) is 0 Å². The van der Waals surface area contributed by atoms with Gasteiger partial charge in [-0.1, -0.05) is 0 Å². The minimum absolute atomic E-state index is 0.187. The lowest BCUT2D eigenvalue weighted by atomic mass is 10.2. The number of aryl methyl sites for hydroxylation is 1. The first-order valence-corrected chi connectivity index (χ1v) is 6.72. The van der Waals surface area contributed by atoms with Crippen LogP contribution in [0.4, 0.5) is 5.69 Å². The summed E-state index contributed by atoms with van der Waals surface area (Å²) in [6.45, 7) is 1.89. The van der Waals surface area contributed by atoms with Crippen molar-refractivity contribution in [2.24, 2.45) is 0 Å². The number of hydrogen-bond donors (Lipinski definition) is 2. The SMILES string of the molecule is Cc1cc(Oc2ncccn2)ccc1NC(=O)c1ccc[nH]1. The highest BCUT2D eigenvalue weighted by atomic mass is 16.5. The molecule has 3 aromatic rings. The summed E-state index contributed by atoms with van der Waals surface area (Å²) >= 11 is 0. The third-order valence-electron chi connectivity index (χ3n) is 3.04. The number of nitrogens with zero attached hydrogens (tertiary/aromatic N) is 2. The van der Waals surface area contributed by atoms with Crippen LogP contribution < -0.4 is 10.1 Å². The van der Waals surface area contributed by atoms with Crippen molar-refractivity contribution in [2.75, 3.05) is 5.32 Å². The predicted molar refractivity (Wildman–Crippen MR) is 82.0 cm³/mol. The van der Waals surface area contributed by atoms with E-state index in [-0.39, 0.29) is 11.9 Å². The number of nitrogens with one attached hydrogen (secondary N) is 2.